The number of amides is 1. The maximum absolute atomic E-state index is 13.3. The number of anilines is 2. The first-order valence-corrected chi connectivity index (χ1v) is 10.6. The first-order chi connectivity index (χ1) is 15.5. The van der Waals surface area contributed by atoms with Crippen LogP contribution >= 0.6 is 23.2 Å². The van der Waals surface area contributed by atoms with Gasteiger partial charge in [0.2, 0.25) is 0 Å². The van der Waals surface area contributed by atoms with Crippen LogP contribution in [0.4, 0.5) is 15.9 Å². The van der Waals surface area contributed by atoms with E-state index in [0.29, 0.717) is 24.6 Å². The Balaban J connectivity index is 1.39. The highest BCUT2D eigenvalue weighted by Gasteiger charge is 2.14. The molecule has 2 aromatic carbocycles. The van der Waals surface area contributed by atoms with E-state index in [1.807, 2.05) is 18.2 Å². The van der Waals surface area contributed by atoms with Gasteiger partial charge in [-0.05, 0) is 36.4 Å². The van der Waals surface area contributed by atoms with E-state index < -0.39 is 11.7 Å². The molecule has 0 saturated carbocycles. The SMILES string of the molecule is O=C(COc1c(Cl)cc(F)cc1Cl)Nc1cccc(-c2ccc(N3CCOCC3)nn2)c1. The third-order valence-corrected chi connectivity index (χ3v) is 5.30. The lowest BCUT2D eigenvalue weighted by molar-refractivity contribution is -0.118. The zero-order valence-corrected chi connectivity index (χ0v) is 18.4. The first-order valence-electron chi connectivity index (χ1n) is 9.83. The fourth-order valence-corrected chi connectivity index (χ4v) is 3.77. The molecule has 1 aliphatic heterocycles. The molecule has 0 aliphatic carbocycles. The summed E-state index contributed by atoms with van der Waals surface area (Å²) in [5, 5.41) is 11.4. The van der Waals surface area contributed by atoms with Gasteiger partial charge >= 0.3 is 0 Å². The monoisotopic (exact) mass is 476 g/mol. The van der Waals surface area contributed by atoms with Gasteiger partial charge < -0.3 is 19.7 Å². The van der Waals surface area contributed by atoms with E-state index in [4.69, 9.17) is 32.7 Å². The number of nitrogens with zero attached hydrogens (tertiary/aromatic N) is 3. The van der Waals surface area contributed by atoms with Crippen LogP contribution in [0.5, 0.6) is 5.75 Å². The van der Waals surface area contributed by atoms with Gasteiger partial charge in [0.25, 0.3) is 5.91 Å². The van der Waals surface area contributed by atoms with Crippen LogP contribution in [0.1, 0.15) is 0 Å². The van der Waals surface area contributed by atoms with Crippen molar-refractivity contribution in [1.29, 1.82) is 0 Å². The molecule has 10 heteroatoms. The fourth-order valence-electron chi connectivity index (χ4n) is 3.20. The van der Waals surface area contributed by atoms with Crippen molar-refractivity contribution in [2.75, 3.05) is 43.1 Å². The van der Waals surface area contributed by atoms with E-state index in [1.54, 1.807) is 18.2 Å². The van der Waals surface area contributed by atoms with Gasteiger partial charge in [-0.25, -0.2) is 4.39 Å². The highest BCUT2D eigenvalue weighted by molar-refractivity contribution is 6.37. The predicted octanol–water partition coefficient (Wildman–Crippen LogP) is 4.44. The first kappa shape index (κ1) is 22.3. The lowest BCUT2D eigenvalue weighted by Crippen LogP contribution is -2.36. The summed E-state index contributed by atoms with van der Waals surface area (Å²) in [5.74, 6) is -0.159. The van der Waals surface area contributed by atoms with Crippen LogP contribution in [0.3, 0.4) is 0 Å². The van der Waals surface area contributed by atoms with Crippen molar-refractivity contribution in [3.8, 4) is 17.0 Å². The van der Waals surface area contributed by atoms with Crippen molar-refractivity contribution in [1.82, 2.24) is 10.2 Å². The van der Waals surface area contributed by atoms with E-state index in [2.05, 4.69) is 20.4 Å². The summed E-state index contributed by atoms with van der Waals surface area (Å²) in [6, 6.07) is 13.1. The third kappa shape index (κ3) is 5.45. The number of nitrogens with one attached hydrogen (secondary N) is 1. The summed E-state index contributed by atoms with van der Waals surface area (Å²) in [6.45, 7) is 2.57. The van der Waals surface area contributed by atoms with Crippen molar-refractivity contribution in [3.63, 3.8) is 0 Å². The number of hydrogen-bond donors (Lipinski definition) is 1. The molecule has 1 N–H and O–H groups in total. The Hall–Kier alpha value is -2.94. The molecular formula is C22H19Cl2FN4O3. The van der Waals surface area contributed by atoms with Gasteiger partial charge in [0.15, 0.2) is 18.2 Å². The fraction of sp³-hybridized carbons (Fsp3) is 0.227. The van der Waals surface area contributed by atoms with E-state index in [-0.39, 0.29) is 22.4 Å². The predicted molar refractivity (Wildman–Crippen MR) is 121 cm³/mol. The smallest absolute Gasteiger partial charge is 0.262 e. The van der Waals surface area contributed by atoms with Crippen LogP contribution < -0.4 is 15.0 Å². The Bertz CT molecular complexity index is 1090. The van der Waals surface area contributed by atoms with Gasteiger partial charge in [-0.1, -0.05) is 35.3 Å². The molecule has 0 unspecified atom stereocenters. The van der Waals surface area contributed by atoms with Crippen molar-refractivity contribution >= 4 is 40.6 Å². The molecule has 1 amide bonds. The van der Waals surface area contributed by atoms with Crippen molar-refractivity contribution < 1.29 is 18.7 Å². The lowest BCUT2D eigenvalue weighted by Gasteiger charge is -2.27. The highest BCUT2D eigenvalue weighted by atomic mass is 35.5. The van der Waals surface area contributed by atoms with Crippen molar-refractivity contribution in [2.45, 2.75) is 0 Å². The average Bonchev–Trinajstić information content (AvgIpc) is 2.79. The number of benzene rings is 2. The van der Waals surface area contributed by atoms with Gasteiger partial charge in [0, 0.05) is 24.3 Å². The van der Waals surface area contributed by atoms with Crippen LogP contribution in [0.2, 0.25) is 10.0 Å². The Morgan fingerprint density at radius 3 is 2.53 bits per heavy atom. The molecule has 0 radical (unpaired) electrons. The summed E-state index contributed by atoms with van der Waals surface area (Å²) >= 11 is 11.8. The largest absolute Gasteiger partial charge is 0.481 e. The van der Waals surface area contributed by atoms with E-state index >= 15 is 0 Å². The Morgan fingerprint density at radius 1 is 1.09 bits per heavy atom. The van der Waals surface area contributed by atoms with Gasteiger partial charge in [-0.15, -0.1) is 10.2 Å². The number of ether oxygens (including phenoxy) is 2. The zero-order chi connectivity index (χ0) is 22.5. The molecule has 3 aromatic rings. The summed E-state index contributed by atoms with van der Waals surface area (Å²) in [4.78, 5) is 14.4. The molecule has 1 aromatic heterocycles. The van der Waals surface area contributed by atoms with Crippen LogP contribution in [0.25, 0.3) is 11.3 Å². The minimum atomic E-state index is -0.588. The second-order valence-electron chi connectivity index (χ2n) is 6.99. The van der Waals surface area contributed by atoms with Gasteiger partial charge in [-0.3, -0.25) is 4.79 Å². The summed E-state index contributed by atoms with van der Waals surface area (Å²) in [6.07, 6.45) is 0. The maximum Gasteiger partial charge on any atom is 0.262 e. The Morgan fingerprint density at radius 2 is 1.84 bits per heavy atom. The molecule has 166 valence electrons. The molecule has 0 spiro atoms. The van der Waals surface area contributed by atoms with Gasteiger partial charge in [0.05, 0.1) is 29.0 Å². The number of carbonyl (C=O) groups is 1. The number of rotatable bonds is 6. The molecule has 0 atom stereocenters. The zero-order valence-electron chi connectivity index (χ0n) is 16.9. The van der Waals surface area contributed by atoms with Crippen LogP contribution in [-0.2, 0) is 9.53 Å². The highest BCUT2D eigenvalue weighted by Crippen LogP contribution is 2.33. The van der Waals surface area contributed by atoms with Crippen molar-refractivity contribution in [2.24, 2.45) is 0 Å². The van der Waals surface area contributed by atoms with Crippen molar-refractivity contribution in [3.05, 3.63) is 64.4 Å². The number of morpholine rings is 1. The van der Waals surface area contributed by atoms with Crippen LogP contribution in [-0.4, -0.2) is 49.0 Å². The quantitative estimate of drug-likeness (QED) is 0.566. The molecule has 1 aliphatic rings. The molecule has 2 heterocycles. The van der Waals surface area contributed by atoms with E-state index in [0.717, 1.165) is 36.6 Å². The molecule has 4 rings (SSSR count). The topological polar surface area (TPSA) is 76.6 Å². The Labute approximate surface area is 194 Å². The average molecular weight is 477 g/mol. The minimum absolute atomic E-state index is 0.0103. The molecular weight excluding hydrogens is 458 g/mol. The third-order valence-electron chi connectivity index (χ3n) is 4.74. The second-order valence-corrected chi connectivity index (χ2v) is 7.81. The number of carbonyl (C=O) groups excluding carboxylic acids is 1. The second kappa shape index (κ2) is 10.1. The van der Waals surface area contributed by atoms with Crippen LogP contribution in [0, 0.1) is 5.82 Å². The maximum atomic E-state index is 13.3. The summed E-state index contributed by atoms with van der Waals surface area (Å²) < 4.78 is 24.0. The molecule has 1 saturated heterocycles. The minimum Gasteiger partial charge on any atom is -0.481 e. The normalized spacial score (nSPS) is 13.7. The molecule has 0 bridgehead atoms. The molecule has 1 fully saturated rings. The number of aromatic nitrogens is 2. The number of halogens is 3. The number of hydrogen-bond acceptors (Lipinski definition) is 6. The van der Waals surface area contributed by atoms with E-state index in [9.17, 15) is 9.18 Å². The lowest BCUT2D eigenvalue weighted by atomic mass is 10.1. The van der Waals surface area contributed by atoms with Crippen LogP contribution in [0.15, 0.2) is 48.5 Å². The summed E-state index contributed by atoms with van der Waals surface area (Å²) in [7, 11) is 0. The molecule has 32 heavy (non-hydrogen) atoms. The standard InChI is InChI=1S/C22H19Cl2FN4O3/c23-17-11-15(25)12-18(24)22(17)32-13-21(30)26-16-3-1-2-14(10-16)19-4-5-20(28-27-19)29-6-8-31-9-7-29/h1-5,10-12H,6-9,13H2,(H,26,30). The summed E-state index contributed by atoms with van der Waals surface area (Å²) in [5.41, 5.74) is 2.04. The van der Waals surface area contributed by atoms with E-state index in [1.165, 1.54) is 0 Å². The molecule has 7 nitrogen and oxygen atoms in total. The Kier molecular flexibility index (Phi) is 7.04. The van der Waals surface area contributed by atoms with Gasteiger partial charge in [-0.2, -0.15) is 0 Å². The van der Waals surface area contributed by atoms with Gasteiger partial charge in [0.1, 0.15) is 5.82 Å².